The summed E-state index contributed by atoms with van der Waals surface area (Å²) in [5.74, 6) is 0. The number of hydrogen-bond donors (Lipinski definition) is 2. The van der Waals surface area contributed by atoms with Crippen LogP contribution < -0.4 is 0 Å². The van der Waals surface area contributed by atoms with Crippen LogP contribution in [0.25, 0.3) is 0 Å². The van der Waals surface area contributed by atoms with Crippen LogP contribution in [0.3, 0.4) is 0 Å². The van der Waals surface area contributed by atoms with Gasteiger partial charge in [0, 0.05) is 0 Å². The van der Waals surface area contributed by atoms with Crippen molar-refractivity contribution in [1.29, 1.82) is 0 Å². The topological polar surface area (TPSA) is 40.5 Å². The highest BCUT2D eigenvalue weighted by Gasteiger charge is 2.14. The summed E-state index contributed by atoms with van der Waals surface area (Å²) in [7, 11) is 0. The van der Waals surface area contributed by atoms with Gasteiger partial charge in [-0.1, -0.05) is 78.1 Å². The zero-order valence-corrected chi connectivity index (χ0v) is 12.5. The lowest BCUT2D eigenvalue weighted by atomic mass is 10.00. The summed E-state index contributed by atoms with van der Waals surface area (Å²) < 4.78 is 0. The molecular weight excluding hydrogens is 224 g/mol. The van der Waals surface area contributed by atoms with Crippen LogP contribution in [0, 0.1) is 0 Å². The van der Waals surface area contributed by atoms with Crippen molar-refractivity contribution >= 4 is 0 Å². The van der Waals surface area contributed by atoms with Crippen molar-refractivity contribution in [3.63, 3.8) is 0 Å². The Kier molecular flexibility index (Phi) is 13.3. The number of unbranched alkanes of at least 4 members (excludes halogenated alkanes) is 8. The molecule has 0 rings (SSSR count). The van der Waals surface area contributed by atoms with Gasteiger partial charge in [-0.25, -0.2) is 0 Å². The zero-order chi connectivity index (χ0) is 13.6. The lowest BCUT2D eigenvalue weighted by Gasteiger charge is -2.17. The molecule has 2 nitrogen and oxygen atoms in total. The van der Waals surface area contributed by atoms with Crippen molar-refractivity contribution in [1.82, 2.24) is 0 Å². The van der Waals surface area contributed by atoms with Crippen molar-refractivity contribution in [2.75, 3.05) is 0 Å². The third-order valence-electron chi connectivity index (χ3n) is 3.65. The van der Waals surface area contributed by atoms with Gasteiger partial charge < -0.3 is 10.2 Å². The second-order valence-electron chi connectivity index (χ2n) is 5.54. The van der Waals surface area contributed by atoms with Crippen LogP contribution in [-0.4, -0.2) is 22.4 Å². The first-order chi connectivity index (χ1) is 8.72. The third-order valence-corrected chi connectivity index (χ3v) is 3.65. The van der Waals surface area contributed by atoms with Gasteiger partial charge in [-0.2, -0.15) is 0 Å². The van der Waals surface area contributed by atoms with Crippen LogP contribution in [0.2, 0.25) is 0 Å². The summed E-state index contributed by atoms with van der Waals surface area (Å²) >= 11 is 0. The first-order valence-corrected chi connectivity index (χ1v) is 8.08. The molecule has 110 valence electrons. The second kappa shape index (κ2) is 13.4. The van der Waals surface area contributed by atoms with E-state index in [1.807, 2.05) is 0 Å². The average molecular weight is 258 g/mol. The Labute approximate surface area is 114 Å². The summed E-state index contributed by atoms with van der Waals surface area (Å²) in [6.45, 7) is 4.41. The molecule has 0 aliphatic heterocycles. The van der Waals surface area contributed by atoms with Gasteiger partial charge in [0.25, 0.3) is 0 Å². The Balaban J connectivity index is 3.36. The number of aliphatic hydroxyl groups excluding tert-OH is 2. The quantitative estimate of drug-likeness (QED) is 0.480. The highest BCUT2D eigenvalue weighted by molar-refractivity contribution is 4.67. The van der Waals surface area contributed by atoms with Gasteiger partial charge in [0.1, 0.15) is 0 Å². The van der Waals surface area contributed by atoms with E-state index in [9.17, 15) is 10.2 Å². The van der Waals surface area contributed by atoms with E-state index in [0.717, 1.165) is 25.7 Å². The van der Waals surface area contributed by atoms with Gasteiger partial charge in [-0.3, -0.25) is 0 Å². The molecule has 0 heterocycles. The predicted octanol–water partition coefficient (Wildman–Crippen LogP) is 4.43. The van der Waals surface area contributed by atoms with E-state index in [4.69, 9.17) is 0 Å². The SMILES string of the molecule is CCCCCCC[C@@H](O)[C@H](O)CCCCCCC. The largest absolute Gasteiger partial charge is 0.390 e. The van der Waals surface area contributed by atoms with Gasteiger partial charge >= 0.3 is 0 Å². The molecule has 2 N–H and O–H groups in total. The maximum atomic E-state index is 9.83. The molecular formula is C16H34O2. The van der Waals surface area contributed by atoms with E-state index in [-0.39, 0.29) is 0 Å². The summed E-state index contributed by atoms with van der Waals surface area (Å²) in [4.78, 5) is 0. The highest BCUT2D eigenvalue weighted by Crippen LogP contribution is 2.14. The molecule has 0 bridgehead atoms. The Morgan fingerprint density at radius 3 is 1.22 bits per heavy atom. The minimum atomic E-state index is -0.502. The predicted molar refractivity (Wildman–Crippen MR) is 78.8 cm³/mol. The molecule has 0 saturated heterocycles. The average Bonchev–Trinajstić information content (AvgIpc) is 2.37. The van der Waals surface area contributed by atoms with E-state index in [1.165, 1.54) is 51.4 Å². The van der Waals surface area contributed by atoms with E-state index < -0.39 is 12.2 Å². The molecule has 2 heteroatoms. The molecule has 0 aliphatic rings. The minimum Gasteiger partial charge on any atom is -0.390 e. The van der Waals surface area contributed by atoms with Crippen LogP contribution in [0.1, 0.15) is 90.9 Å². The summed E-state index contributed by atoms with van der Waals surface area (Å²) in [5, 5.41) is 19.7. The molecule has 0 amide bonds. The van der Waals surface area contributed by atoms with E-state index in [2.05, 4.69) is 13.8 Å². The summed E-state index contributed by atoms with van der Waals surface area (Å²) in [6.07, 6.45) is 12.6. The van der Waals surface area contributed by atoms with Crippen LogP contribution in [-0.2, 0) is 0 Å². The van der Waals surface area contributed by atoms with Gasteiger partial charge in [0.2, 0.25) is 0 Å². The fourth-order valence-electron chi connectivity index (χ4n) is 2.30. The molecule has 0 aromatic rings. The Morgan fingerprint density at radius 2 is 0.889 bits per heavy atom. The Morgan fingerprint density at radius 1 is 0.556 bits per heavy atom. The van der Waals surface area contributed by atoms with Gasteiger partial charge in [0.15, 0.2) is 0 Å². The molecule has 0 aliphatic carbocycles. The molecule has 18 heavy (non-hydrogen) atoms. The highest BCUT2D eigenvalue weighted by atomic mass is 16.3. The van der Waals surface area contributed by atoms with Gasteiger partial charge in [0.05, 0.1) is 12.2 Å². The maximum Gasteiger partial charge on any atom is 0.0799 e. The minimum absolute atomic E-state index is 0.502. The van der Waals surface area contributed by atoms with Crippen LogP contribution in [0.5, 0.6) is 0 Å². The molecule has 2 atom stereocenters. The standard InChI is InChI=1S/C16H34O2/c1-3-5-7-9-11-13-15(17)16(18)14-12-10-8-6-4-2/h15-18H,3-14H2,1-2H3/t15-,16-/m1/s1. The smallest absolute Gasteiger partial charge is 0.0799 e. The van der Waals surface area contributed by atoms with E-state index >= 15 is 0 Å². The lowest BCUT2D eigenvalue weighted by molar-refractivity contribution is 0.00712. The van der Waals surface area contributed by atoms with Crippen LogP contribution >= 0.6 is 0 Å². The fourth-order valence-corrected chi connectivity index (χ4v) is 2.30. The number of aliphatic hydroxyl groups is 2. The molecule has 0 aromatic carbocycles. The first-order valence-electron chi connectivity index (χ1n) is 8.08. The number of hydrogen-bond acceptors (Lipinski definition) is 2. The molecule has 0 radical (unpaired) electrons. The fraction of sp³-hybridized carbons (Fsp3) is 1.00. The van der Waals surface area contributed by atoms with Crippen molar-refractivity contribution in [3.8, 4) is 0 Å². The second-order valence-corrected chi connectivity index (χ2v) is 5.54. The molecule has 0 fully saturated rings. The molecule has 0 spiro atoms. The normalized spacial score (nSPS) is 14.7. The Hall–Kier alpha value is -0.0800. The monoisotopic (exact) mass is 258 g/mol. The van der Waals surface area contributed by atoms with Gasteiger partial charge in [-0.15, -0.1) is 0 Å². The zero-order valence-electron chi connectivity index (χ0n) is 12.5. The summed E-state index contributed by atoms with van der Waals surface area (Å²) in [6, 6.07) is 0. The molecule has 0 unspecified atom stereocenters. The van der Waals surface area contributed by atoms with Crippen molar-refractivity contribution in [2.24, 2.45) is 0 Å². The number of rotatable bonds is 13. The van der Waals surface area contributed by atoms with Gasteiger partial charge in [-0.05, 0) is 12.8 Å². The van der Waals surface area contributed by atoms with Crippen LogP contribution in [0.4, 0.5) is 0 Å². The third kappa shape index (κ3) is 11.0. The summed E-state index contributed by atoms with van der Waals surface area (Å²) in [5.41, 5.74) is 0. The van der Waals surface area contributed by atoms with E-state index in [1.54, 1.807) is 0 Å². The van der Waals surface area contributed by atoms with Crippen molar-refractivity contribution < 1.29 is 10.2 Å². The van der Waals surface area contributed by atoms with Crippen LogP contribution in [0.15, 0.2) is 0 Å². The molecule has 0 saturated carbocycles. The Bertz CT molecular complexity index is 141. The maximum absolute atomic E-state index is 9.83. The van der Waals surface area contributed by atoms with Crippen molar-refractivity contribution in [3.05, 3.63) is 0 Å². The molecule has 0 aromatic heterocycles. The first kappa shape index (κ1) is 17.9. The lowest BCUT2D eigenvalue weighted by Crippen LogP contribution is -2.25. The van der Waals surface area contributed by atoms with E-state index in [0.29, 0.717) is 0 Å². The van der Waals surface area contributed by atoms with Crippen molar-refractivity contribution in [2.45, 2.75) is 103 Å².